The van der Waals surface area contributed by atoms with Crippen molar-refractivity contribution in [3.05, 3.63) is 59.2 Å². The van der Waals surface area contributed by atoms with Gasteiger partial charge in [-0.1, -0.05) is 24.3 Å². The Morgan fingerprint density at radius 2 is 1.67 bits per heavy atom. The smallest absolute Gasteiger partial charge is 0.303 e. The summed E-state index contributed by atoms with van der Waals surface area (Å²) < 4.78 is 11.4. The first-order valence-electron chi connectivity index (χ1n) is 8.84. The van der Waals surface area contributed by atoms with Gasteiger partial charge < -0.3 is 19.9 Å². The monoisotopic (exact) mass is 371 g/mol. The maximum absolute atomic E-state index is 11.5. The lowest BCUT2D eigenvalue weighted by molar-refractivity contribution is -0.138. The van der Waals surface area contributed by atoms with E-state index in [0.717, 1.165) is 28.2 Å². The zero-order valence-electron chi connectivity index (χ0n) is 15.7. The molecule has 6 nitrogen and oxygen atoms in total. The normalized spacial score (nSPS) is 10.3. The number of carboxylic acid groups (broad SMARTS) is 1. The summed E-state index contributed by atoms with van der Waals surface area (Å²) in [6.45, 7) is 5.27. The van der Waals surface area contributed by atoms with E-state index in [1.54, 1.807) is 0 Å². The standard InChI is InChI=1S/C21H25NO5/c1-15-3-4-16(2)19(13-15)27-12-11-26-18-7-5-17(6-8-18)14-22-20(23)9-10-21(24)25/h3-8,13H,9-12,14H2,1-2H3,(H,22,23)(H,24,25). The van der Waals surface area contributed by atoms with E-state index in [9.17, 15) is 9.59 Å². The van der Waals surface area contributed by atoms with E-state index >= 15 is 0 Å². The third kappa shape index (κ3) is 7.40. The van der Waals surface area contributed by atoms with Crippen LogP contribution in [0.5, 0.6) is 11.5 Å². The van der Waals surface area contributed by atoms with E-state index in [2.05, 4.69) is 11.4 Å². The minimum absolute atomic E-state index is 0.0169. The molecule has 1 amide bonds. The van der Waals surface area contributed by atoms with Crippen LogP contribution < -0.4 is 14.8 Å². The van der Waals surface area contributed by atoms with Crippen LogP contribution in [0.1, 0.15) is 29.5 Å². The van der Waals surface area contributed by atoms with E-state index in [4.69, 9.17) is 14.6 Å². The molecule has 0 bridgehead atoms. The number of benzene rings is 2. The van der Waals surface area contributed by atoms with Crippen LogP contribution in [-0.2, 0) is 16.1 Å². The minimum atomic E-state index is -0.979. The molecule has 0 atom stereocenters. The number of hydrogen-bond acceptors (Lipinski definition) is 4. The molecule has 2 rings (SSSR count). The molecule has 0 fully saturated rings. The summed E-state index contributed by atoms with van der Waals surface area (Å²) in [6.07, 6.45) is -0.181. The Hall–Kier alpha value is -3.02. The fraction of sp³-hybridized carbons (Fsp3) is 0.333. The molecular weight excluding hydrogens is 346 g/mol. The summed E-state index contributed by atoms with van der Waals surface area (Å²) in [5, 5.41) is 11.2. The van der Waals surface area contributed by atoms with Crippen LogP contribution in [0.25, 0.3) is 0 Å². The van der Waals surface area contributed by atoms with Gasteiger partial charge in [0, 0.05) is 13.0 Å². The van der Waals surface area contributed by atoms with Crippen LogP contribution in [0.15, 0.2) is 42.5 Å². The van der Waals surface area contributed by atoms with Crippen molar-refractivity contribution < 1.29 is 24.2 Å². The number of carbonyl (C=O) groups is 2. The third-order valence-electron chi connectivity index (χ3n) is 3.93. The lowest BCUT2D eigenvalue weighted by Crippen LogP contribution is -2.23. The van der Waals surface area contributed by atoms with Crippen molar-refractivity contribution in [2.24, 2.45) is 0 Å². The molecule has 0 spiro atoms. The molecule has 0 radical (unpaired) electrons. The fourth-order valence-corrected chi connectivity index (χ4v) is 2.39. The third-order valence-corrected chi connectivity index (χ3v) is 3.93. The Kier molecular flexibility index (Phi) is 7.67. The molecule has 6 heteroatoms. The van der Waals surface area contributed by atoms with Gasteiger partial charge in [0.25, 0.3) is 0 Å². The van der Waals surface area contributed by atoms with E-state index in [1.165, 1.54) is 0 Å². The quantitative estimate of drug-likeness (QED) is 0.626. The first-order chi connectivity index (χ1) is 12.9. The van der Waals surface area contributed by atoms with E-state index in [1.807, 2.05) is 50.2 Å². The van der Waals surface area contributed by atoms with Crippen molar-refractivity contribution in [2.45, 2.75) is 33.2 Å². The van der Waals surface area contributed by atoms with Gasteiger partial charge in [0.2, 0.25) is 5.91 Å². The lowest BCUT2D eigenvalue weighted by atomic mass is 10.1. The summed E-state index contributed by atoms with van der Waals surface area (Å²) >= 11 is 0. The molecule has 27 heavy (non-hydrogen) atoms. The number of nitrogens with one attached hydrogen (secondary N) is 1. The maximum Gasteiger partial charge on any atom is 0.303 e. The fourth-order valence-electron chi connectivity index (χ4n) is 2.39. The van der Waals surface area contributed by atoms with Gasteiger partial charge in [0.15, 0.2) is 0 Å². The van der Waals surface area contributed by atoms with E-state index in [0.29, 0.717) is 19.8 Å². The molecule has 0 unspecified atom stereocenters. The predicted octanol–water partition coefficient (Wildman–Crippen LogP) is 3.24. The molecule has 0 aliphatic carbocycles. The largest absolute Gasteiger partial charge is 0.490 e. The van der Waals surface area contributed by atoms with Crippen molar-refractivity contribution in [3.8, 4) is 11.5 Å². The molecule has 0 aliphatic rings. The number of amides is 1. The maximum atomic E-state index is 11.5. The highest BCUT2D eigenvalue weighted by atomic mass is 16.5. The van der Waals surface area contributed by atoms with Gasteiger partial charge in [-0.15, -0.1) is 0 Å². The first kappa shape index (κ1) is 20.3. The summed E-state index contributed by atoms with van der Waals surface area (Å²) in [7, 11) is 0. The number of aryl methyl sites for hydroxylation is 2. The van der Waals surface area contributed by atoms with Crippen LogP contribution in [-0.4, -0.2) is 30.2 Å². The second-order valence-electron chi connectivity index (χ2n) is 6.28. The zero-order valence-corrected chi connectivity index (χ0v) is 15.7. The molecule has 2 N–H and O–H groups in total. The molecular formula is C21H25NO5. The van der Waals surface area contributed by atoms with Crippen LogP contribution >= 0.6 is 0 Å². The molecule has 0 heterocycles. The highest BCUT2D eigenvalue weighted by molar-refractivity contribution is 5.80. The SMILES string of the molecule is Cc1ccc(C)c(OCCOc2ccc(CNC(=O)CCC(=O)O)cc2)c1. The average Bonchev–Trinajstić information content (AvgIpc) is 2.65. The molecule has 0 saturated carbocycles. The number of carboxylic acids is 1. The molecule has 144 valence electrons. The molecule has 0 aliphatic heterocycles. The average molecular weight is 371 g/mol. The Morgan fingerprint density at radius 1 is 0.963 bits per heavy atom. The molecule has 0 aromatic heterocycles. The number of rotatable bonds is 10. The van der Waals surface area contributed by atoms with Gasteiger partial charge in [-0.25, -0.2) is 0 Å². The number of carbonyl (C=O) groups excluding carboxylic acids is 1. The van der Waals surface area contributed by atoms with E-state index in [-0.39, 0.29) is 18.7 Å². The van der Waals surface area contributed by atoms with Crippen molar-refractivity contribution in [2.75, 3.05) is 13.2 Å². The van der Waals surface area contributed by atoms with Crippen molar-refractivity contribution in [1.29, 1.82) is 0 Å². The van der Waals surface area contributed by atoms with Crippen molar-refractivity contribution in [3.63, 3.8) is 0 Å². The second-order valence-corrected chi connectivity index (χ2v) is 6.28. The van der Waals surface area contributed by atoms with Crippen LogP contribution in [0.3, 0.4) is 0 Å². The predicted molar refractivity (Wildman–Crippen MR) is 102 cm³/mol. The molecule has 2 aromatic carbocycles. The Bertz CT molecular complexity index is 771. The molecule has 2 aromatic rings. The van der Waals surface area contributed by atoms with Crippen LogP contribution in [0.4, 0.5) is 0 Å². The van der Waals surface area contributed by atoms with Crippen LogP contribution in [0, 0.1) is 13.8 Å². The van der Waals surface area contributed by atoms with Gasteiger partial charge in [0.05, 0.1) is 6.42 Å². The zero-order chi connectivity index (χ0) is 19.6. The number of hydrogen-bond donors (Lipinski definition) is 2. The van der Waals surface area contributed by atoms with Gasteiger partial charge in [-0.2, -0.15) is 0 Å². The van der Waals surface area contributed by atoms with Gasteiger partial charge in [-0.05, 0) is 48.7 Å². The summed E-state index contributed by atoms with van der Waals surface area (Å²) in [5.74, 6) is 0.336. The summed E-state index contributed by atoms with van der Waals surface area (Å²) in [4.78, 5) is 21.9. The van der Waals surface area contributed by atoms with Crippen LogP contribution in [0.2, 0.25) is 0 Å². The van der Waals surface area contributed by atoms with Gasteiger partial charge >= 0.3 is 5.97 Å². The Labute approximate surface area is 159 Å². The minimum Gasteiger partial charge on any atom is -0.490 e. The summed E-state index contributed by atoms with van der Waals surface area (Å²) in [5.41, 5.74) is 3.16. The second kappa shape index (κ2) is 10.2. The molecule has 0 saturated heterocycles. The number of aliphatic carboxylic acids is 1. The Balaban J connectivity index is 1.70. The summed E-state index contributed by atoms with van der Waals surface area (Å²) in [6, 6.07) is 13.5. The number of ether oxygens (including phenoxy) is 2. The lowest BCUT2D eigenvalue weighted by Gasteiger charge is -2.11. The van der Waals surface area contributed by atoms with Gasteiger partial charge in [0.1, 0.15) is 24.7 Å². The topological polar surface area (TPSA) is 84.9 Å². The Morgan fingerprint density at radius 3 is 2.37 bits per heavy atom. The van der Waals surface area contributed by atoms with Crippen molar-refractivity contribution in [1.82, 2.24) is 5.32 Å². The highest BCUT2D eigenvalue weighted by Crippen LogP contribution is 2.19. The first-order valence-corrected chi connectivity index (χ1v) is 8.84. The van der Waals surface area contributed by atoms with Gasteiger partial charge in [-0.3, -0.25) is 9.59 Å². The van der Waals surface area contributed by atoms with E-state index < -0.39 is 5.97 Å². The van der Waals surface area contributed by atoms with Crippen molar-refractivity contribution >= 4 is 11.9 Å². The highest BCUT2D eigenvalue weighted by Gasteiger charge is 2.05.